The lowest BCUT2D eigenvalue weighted by molar-refractivity contribution is -0.136. The van der Waals surface area contributed by atoms with Crippen molar-refractivity contribution in [2.24, 2.45) is 10.9 Å². The minimum Gasteiger partial charge on any atom is -0.496 e. The van der Waals surface area contributed by atoms with Gasteiger partial charge in [0.05, 0.1) is 31.3 Å². The number of nitrogens with one attached hydrogen (secondary N) is 3. The molecule has 0 aliphatic carbocycles. The Balaban J connectivity index is 1.63. The van der Waals surface area contributed by atoms with Gasteiger partial charge in [-0.15, -0.1) is 0 Å². The van der Waals surface area contributed by atoms with E-state index in [4.69, 9.17) is 9.47 Å². The maximum atomic E-state index is 12.4. The highest BCUT2D eigenvalue weighted by atomic mass is 16.5. The van der Waals surface area contributed by atoms with Crippen LogP contribution < -0.4 is 25.4 Å². The van der Waals surface area contributed by atoms with Crippen LogP contribution in [0.15, 0.2) is 41.4 Å². The molecule has 0 spiro atoms. The Morgan fingerprint density at radius 2 is 1.82 bits per heavy atom. The van der Waals surface area contributed by atoms with E-state index in [0.29, 0.717) is 24.0 Å². The molecule has 0 saturated carbocycles. The summed E-state index contributed by atoms with van der Waals surface area (Å²) in [4.78, 5) is 30.9. The van der Waals surface area contributed by atoms with E-state index in [1.54, 1.807) is 37.5 Å². The Labute approximate surface area is 226 Å². The number of rotatable bonds is 11. The second-order valence-electron chi connectivity index (χ2n) is 10.9. The zero-order valence-corrected chi connectivity index (χ0v) is 23.6. The van der Waals surface area contributed by atoms with Crippen molar-refractivity contribution in [1.29, 1.82) is 0 Å². The number of benzene rings is 2. The quantitative estimate of drug-likeness (QED) is 0.259. The minimum atomic E-state index is -0.373. The van der Waals surface area contributed by atoms with E-state index < -0.39 is 0 Å². The monoisotopic (exact) mass is 523 g/mol. The lowest BCUT2D eigenvalue weighted by atomic mass is 10.1. The lowest BCUT2D eigenvalue weighted by Gasteiger charge is -2.31. The molecule has 0 saturated heterocycles. The molecule has 38 heavy (non-hydrogen) atoms. The van der Waals surface area contributed by atoms with Crippen molar-refractivity contribution in [3.05, 3.63) is 42.0 Å². The number of anilines is 3. The van der Waals surface area contributed by atoms with Gasteiger partial charge < -0.3 is 30.3 Å². The molecule has 2 aromatic rings. The molecule has 3 rings (SSSR count). The number of hydrogen-bond acceptors (Lipinski definition) is 7. The molecule has 206 valence electrons. The number of aliphatic imine (C=N–C) groups is 1. The predicted molar refractivity (Wildman–Crippen MR) is 153 cm³/mol. The summed E-state index contributed by atoms with van der Waals surface area (Å²) in [7, 11) is 3.34. The van der Waals surface area contributed by atoms with Crippen LogP contribution in [0.25, 0.3) is 0 Å². The zero-order chi connectivity index (χ0) is 27.9. The van der Waals surface area contributed by atoms with Crippen LogP contribution in [0.3, 0.4) is 0 Å². The molecule has 1 heterocycles. The maximum Gasteiger partial charge on any atom is 0.233 e. The fraction of sp³-hybridized carbons (Fsp3) is 0.483. The van der Waals surface area contributed by atoms with Gasteiger partial charge in [-0.2, -0.15) is 0 Å². The van der Waals surface area contributed by atoms with Crippen molar-refractivity contribution in [2.45, 2.75) is 65.6 Å². The van der Waals surface area contributed by atoms with Crippen LogP contribution in [0, 0.1) is 5.92 Å². The van der Waals surface area contributed by atoms with Crippen LogP contribution in [0.2, 0.25) is 0 Å². The van der Waals surface area contributed by atoms with Crippen LogP contribution in [0.4, 0.5) is 17.1 Å². The number of hydrogen-bond donors (Lipinski definition) is 3. The van der Waals surface area contributed by atoms with Crippen molar-refractivity contribution in [1.82, 2.24) is 4.90 Å². The third-order valence-electron chi connectivity index (χ3n) is 6.41. The average molecular weight is 524 g/mol. The first-order valence-electron chi connectivity index (χ1n) is 13.0. The molecule has 2 aromatic carbocycles. The molecule has 0 radical (unpaired) electrons. The molecule has 2 amide bonds. The summed E-state index contributed by atoms with van der Waals surface area (Å²) in [6.07, 6.45) is 3.19. The number of carbonyl (C=O) groups is 2. The number of fused-ring (bicyclic) bond motifs is 1. The maximum absolute atomic E-state index is 12.4. The summed E-state index contributed by atoms with van der Waals surface area (Å²) < 4.78 is 11.7. The van der Waals surface area contributed by atoms with E-state index in [2.05, 4.69) is 34.8 Å². The van der Waals surface area contributed by atoms with Crippen LogP contribution in [0.1, 0.15) is 65.6 Å². The van der Waals surface area contributed by atoms with Crippen molar-refractivity contribution in [3.8, 4) is 11.5 Å². The predicted octanol–water partition coefficient (Wildman–Crippen LogP) is 5.66. The smallest absolute Gasteiger partial charge is 0.233 e. The molecule has 1 aliphatic rings. The van der Waals surface area contributed by atoms with Crippen molar-refractivity contribution in [2.75, 3.05) is 36.7 Å². The van der Waals surface area contributed by atoms with E-state index in [1.807, 2.05) is 45.0 Å². The second kappa shape index (κ2) is 12.7. The Bertz CT molecular complexity index is 1140. The van der Waals surface area contributed by atoms with Gasteiger partial charge in [-0.05, 0) is 63.8 Å². The Morgan fingerprint density at radius 1 is 1.13 bits per heavy atom. The SMILES string of the molecule is COc1cc(OCCCC(C)C)cc2c1C(Nc1ccc(NC(=O)CC(=O)N(C)C(C)(C)C)cc1)N=CN2. The van der Waals surface area contributed by atoms with Crippen LogP contribution in [-0.2, 0) is 9.59 Å². The minimum absolute atomic E-state index is 0.211. The Hall–Kier alpha value is -3.75. The highest BCUT2D eigenvalue weighted by molar-refractivity contribution is 6.03. The van der Waals surface area contributed by atoms with Gasteiger partial charge in [0, 0.05) is 36.1 Å². The van der Waals surface area contributed by atoms with Gasteiger partial charge in [-0.25, -0.2) is 4.99 Å². The number of carbonyl (C=O) groups excluding carboxylic acids is 2. The summed E-state index contributed by atoms with van der Waals surface area (Å²) in [5.74, 6) is 1.50. The van der Waals surface area contributed by atoms with Gasteiger partial charge in [-0.1, -0.05) is 13.8 Å². The van der Waals surface area contributed by atoms with E-state index >= 15 is 0 Å². The Morgan fingerprint density at radius 3 is 2.45 bits per heavy atom. The molecule has 1 aliphatic heterocycles. The fourth-order valence-corrected chi connectivity index (χ4v) is 3.94. The van der Waals surface area contributed by atoms with Crippen LogP contribution in [-0.4, -0.2) is 49.4 Å². The average Bonchev–Trinajstić information content (AvgIpc) is 2.86. The molecule has 9 heteroatoms. The number of nitrogens with zero attached hydrogens (tertiary/aromatic N) is 2. The lowest BCUT2D eigenvalue weighted by Crippen LogP contribution is -2.43. The summed E-state index contributed by atoms with van der Waals surface area (Å²) in [5, 5.41) is 9.39. The molecule has 9 nitrogen and oxygen atoms in total. The first-order chi connectivity index (χ1) is 18.0. The van der Waals surface area contributed by atoms with Crippen molar-refractivity contribution < 1.29 is 19.1 Å². The molecule has 1 unspecified atom stereocenters. The van der Waals surface area contributed by atoms with Gasteiger partial charge in [0.25, 0.3) is 0 Å². The van der Waals surface area contributed by atoms with Crippen LogP contribution >= 0.6 is 0 Å². The van der Waals surface area contributed by atoms with E-state index in [9.17, 15) is 9.59 Å². The highest BCUT2D eigenvalue weighted by Gasteiger charge is 2.25. The topological polar surface area (TPSA) is 104 Å². The standard InChI is InChI=1S/C29H41N5O4/c1-19(2)9-8-14-38-22-15-23-27(24(16-22)37-7)28(31-18-30-23)33-21-12-10-20(11-13-21)32-25(35)17-26(36)34(6)29(3,4)5/h10-13,15-16,18-19,28,33H,8-9,14,17H2,1-7H3,(H,30,31)(H,32,35). The third-order valence-corrected chi connectivity index (χ3v) is 6.41. The summed E-state index contributed by atoms with van der Waals surface area (Å²) in [5.41, 5.74) is 2.83. The van der Waals surface area contributed by atoms with Gasteiger partial charge in [-0.3, -0.25) is 9.59 Å². The van der Waals surface area contributed by atoms with E-state index in [1.165, 1.54) is 0 Å². The highest BCUT2D eigenvalue weighted by Crippen LogP contribution is 2.40. The Kier molecular flexibility index (Phi) is 9.61. The van der Waals surface area contributed by atoms with Gasteiger partial charge in [0.2, 0.25) is 11.8 Å². The first-order valence-corrected chi connectivity index (χ1v) is 13.0. The summed E-state index contributed by atoms with van der Waals surface area (Å²) in [6, 6.07) is 11.1. The van der Waals surface area contributed by atoms with Gasteiger partial charge in [0.15, 0.2) is 6.17 Å². The number of ether oxygens (including phenoxy) is 2. The van der Waals surface area contributed by atoms with Crippen LogP contribution in [0.5, 0.6) is 11.5 Å². The normalized spacial score (nSPS) is 14.4. The first kappa shape index (κ1) is 28.8. The molecule has 0 bridgehead atoms. The molecular weight excluding hydrogens is 482 g/mol. The largest absolute Gasteiger partial charge is 0.496 e. The zero-order valence-electron chi connectivity index (χ0n) is 23.6. The number of amides is 2. The third kappa shape index (κ3) is 7.87. The molecule has 0 fully saturated rings. The summed E-state index contributed by atoms with van der Waals surface area (Å²) >= 11 is 0. The van der Waals surface area contributed by atoms with Crippen molar-refractivity contribution in [3.63, 3.8) is 0 Å². The second-order valence-corrected chi connectivity index (χ2v) is 10.9. The molecule has 1 atom stereocenters. The molecular formula is C29H41N5O4. The van der Waals surface area contributed by atoms with Crippen molar-refractivity contribution >= 4 is 35.2 Å². The van der Waals surface area contributed by atoms with E-state index in [0.717, 1.165) is 35.5 Å². The fourth-order valence-electron chi connectivity index (χ4n) is 3.94. The van der Waals surface area contributed by atoms with Gasteiger partial charge in [0.1, 0.15) is 17.9 Å². The molecule has 0 aromatic heterocycles. The van der Waals surface area contributed by atoms with E-state index in [-0.39, 0.29) is 29.9 Å². The summed E-state index contributed by atoms with van der Waals surface area (Å²) in [6.45, 7) is 10.8. The molecule has 3 N–H and O–H groups in total. The van der Waals surface area contributed by atoms with Gasteiger partial charge >= 0.3 is 0 Å². The number of methoxy groups -OCH3 is 1.